The van der Waals surface area contributed by atoms with Gasteiger partial charge in [0, 0.05) is 22.0 Å². The number of fused-ring (bicyclic) bond motifs is 1. The highest BCUT2D eigenvalue weighted by Crippen LogP contribution is 2.44. The zero-order chi connectivity index (χ0) is 25.2. The zero-order valence-electron chi connectivity index (χ0n) is 20.1. The van der Waals surface area contributed by atoms with E-state index in [-0.39, 0.29) is 17.1 Å². The molecule has 6 nitrogen and oxygen atoms in total. The highest BCUT2D eigenvalue weighted by Gasteiger charge is 2.32. The number of carbonyl (C=O) groups excluding carboxylic acids is 1. The van der Waals surface area contributed by atoms with Crippen molar-refractivity contribution < 1.29 is 4.79 Å². The predicted molar refractivity (Wildman–Crippen MR) is 144 cm³/mol. The van der Waals surface area contributed by atoms with E-state index in [0.29, 0.717) is 39.0 Å². The first-order valence-electron chi connectivity index (χ1n) is 11.5. The molecule has 0 spiro atoms. The monoisotopic (exact) mass is 525 g/mol. The Morgan fingerprint density at radius 1 is 1.37 bits per heavy atom. The summed E-state index contributed by atoms with van der Waals surface area (Å²) < 4.78 is 1.92. The maximum Gasteiger partial charge on any atom is 0.235 e. The van der Waals surface area contributed by atoms with Crippen molar-refractivity contribution in [3.63, 3.8) is 0 Å². The Balaban J connectivity index is 1.47. The number of hydrogen-bond acceptors (Lipinski definition) is 6. The van der Waals surface area contributed by atoms with Gasteiger partial charge in [-0.25, -0.2) is 0 Å². The van der Waals surface area contributed by atoms with Crippen molar-refractivity contribution in [3.8, 4) is 17.5 Å². The van der Waals surface area contributed by atoms with E-state index in [2.05, 4.69) is 48.9 Å². The molecule has 9 heteroatoms. The van der Waals surface area contributed by atoms with Crippen LogP contribution in [0, 0.1) is 22.7 Å². The second-order valence-electron chi connectivity index (χ2n) is 9.67. The van der Waals surface area contributed by atoms with Gasteiger partial charge in [0.15, 0.2) is 11.0 Å². The second-order valence-corrected chi connectivity index (χ2v) is 12.2. The highest BCUT2D eigenvalue weighted by atomic mass is 35.5. The van der Waals surface area contributed by atoms with E-state index in [9.17, 15) is 10.1 Å². The van der Waals surface area contributed by atoms with Crippen LogP contribution in [0.25, 0.3) is 11.4 Å². The molecule has 1 amide bonds. The molecule has 35 heavy (non-hydrogen) atoms. The number of thiophene rings is 1. The van der Waals surface area contributed by atoms with Gasteiger partial charge >= 0.3 is 0 Å². The molecule has 1 aliphatic rings. The molecule has 1 aliphatic carbocycles. The van der Waals surface area contributed by atoms with E-state index in [4.69, 9.17) is 11.6 Å². The van der Waals surface area contributed by atoms with Crippen molar-refractivity contribution >= 4 is 45.6 Å². The lowest BCUT2D eigenvalue weighted by molar-refractivity contribution is -0.113. The van der Waals surface area contributed by atoms with Gasteiger partial charge in [-0.2, -0.15) is 5.26 Å². The maximum atomic E-state index is 12.8. The van der Waals surface area contributed by atoms with Crippen LogP contribution < -0.4 is 5.32 Å². The maximum absolute atomic E-state index is 12.8. The molecular weight excluding hydrogens is 498 g/mol. The summed E-state index contributed by atoms with van der Waals surface area (Å²) >= 11 is 8.87. The Labute approximate surface area is 219 Å². The van der Waals surface area contributed by atoms with Crippen LogP contribution in [0.2, 0.25) is 5.02 Å². The number of carbonyl (C=O) groups is 1. The van der Waals surface area contributed by atoms with Gasteiger partial charge < -0.3 is 5.32 Å². The number of nitrogens with zero attached hydrogens (tertiary/aromatic N) is 4. The normalized spacial score (nSPS) is 15.3. The molecule has 4 rings (SSSR count). The molecule has 0 aliphatic heterocycles. The van der Waals surface area contributed by atoms with E-state index in [1.54, 1.807) is 29.5 Å². The van der Waals surface area contributed by atoms with Crippen LogP contribution in [-0.4, -0.2) is 26.4 Å². The van der Waals surface area contributed by atoms with Crippen LogP contribution in [-0.2, 0) is 24.2 Å². The summed E-state index contributed by atoms with van der Waals surface area (Å²) in [5.41, 5.74) is 2.84. The first kappa shape index (κ1) is 25.5. The third-order valence-electron chi connectivity index (χ3n) is 6.32. The molecule has 0 bridgehead atoms. The van der Waals surface area contributed by atoms with E-state index >= 15 is 0 Å². The molecule has 0 saturated heterocycles. The number of rotatable bonds is 7. The summed E-state index contributed by atoms with van der Waals surface area (Å²) in [4.78, 5) is 14.1. The van der Waals surface area contributed by atoms with Crippen molar-refractivity contribution in [1.29, 1.82) is 5.26 Å². The summed E-state index contributed by atoms with van der Waals surface area (Å²) in [7, 11) is 0. The SMILES string of the molecule is C=CCn1c(SCC(=O)Nc2sc3c(c2C#N)CC[C@@H](C(C)(C)C)C3)nnc1-c1ccc(Cl)cc1. The van der Waals surface area contributed by atoms with Crippen LogP contribution in [0.15, 0.2) is 42.1 Å². The molecule has 3 aromatic rings. The topological polar surface area (TPSA) is 83.6 Å². The van der Waals surface area contributed by atoms with E-state index in [1.165, 1.54) is 16.6 Å². The van der Waals surface area contributed by atoms with Crippen molar-refractivity contribution in [2.24, 2.45) is 11.3 Å². The number of nitriles is 1. The molecule has 1 atom stereocenters. The fourth-order valence-electron chi connectivity index (χ4n) is 4.33. The van der Waals surface area contributed by atoms with Crippen molar-refractivity contribution in [3.05, 3.63) is 57.9 Å². The first-order chi connectivity index (χ1) is 16.7. The third kappa shape index (κ3) is 5.64. The second kappa shape index (κ2) is 10.6. The van der Waals surface area contributed by atoms with Gasteiger partial charge in [0.25, 0.3) is 0 Å². The Kier molecular flexibility index (Phi) is 7.70. The minimum absolute atomic E-state index is 0.161. The average Bonchev–Trinajstić information content (AvgIpc) is 3.37. The summed E-state index contributed by atoms with van der Waals surface area (Å²) in [5.74, 6) is 1.26. The summed E-state index contributed by atoms with van der Waals surface area (Å²) in [6.45, 7) is 11.2. The van der Waals surface area contributed by atoms with E-state index < -0.39 is 0 Å². The number of amides is 1. The molecule has 0 saturated carbocycles. The highest BCUT2D eigenvalue weighted by molar-refractivity contribution is 7.99. The molecule has 0 radical (unpaired) electrons. The quantitative estimate of drug-likeness (QED) is 0.277. The molecule has 0 fully saturated rings. The lowest BCUT2D eigenvalue weighted by Crippen LogP contribution is -2.26. The number of halogens is 1. The summed E-state index contributed by atoms with van der Waals surface area (Å²) in [6, 6.07) is 9.72. The Morgan fingerprint density at radius 2 is 2.11 bits per heavy atom. The van der Waals surface area contributed by atoms with E-state index in [1.807, 2.05) is 16.7 Å². The molecule has 1 aromatic carbocycles. The standard InChI is InChI=1S/C26H28ClN5OS2/c1-5-12-32-23(16-6-9-18(27)10-7-16)30-31-25(32)34-15-22(33)29-24-20(14-28)19-11-8-17(26(2,3)4)13-21(19)35-24/h5-7,9-10,17H,1,8,11-13,15H2,2-4H3,(H,29,33)/t17-/m1/s1. The number of thioether (sulfide) groups is 1. The lowest BCUT2D eigenvalue weighted by atomic mass is 9.72. The molecule has 0 unspecified atom stereocenters. The Bertz CT molecular complexity index is 1280. The number of nitrogens with one attached hydrogen (secondary N) is 1. The number of aromatic nitrogens is 3. The number of anilines is 1. The minimum atomic E-state index is -0.168. The average molecular weight is 526 g/mol. The predicted octanol–water partition coefficient (Wildman–Crippen LogP) is 6.60. The first-order valence-corrected chi connectivity index (χ1v) is 13.7. The summed E-state index contributed by atoms with van der Waals surface area (Å²) in [5, 5.41) is 23.3. The smallest absolute Gasteiger partial charge is 0.235 e. The molecule has 2 aromatic heterocycles. The fraction of sp³-hybridized carbons (Fsp3) is 0.385. The van der Waals surface area contributed by atoms with Crippen molar-refractivity contribution in [2.45, 2.75) is 51.7 Å². The lowest BCUT2D eigenvalue weighted by Gasteiger charge is -2.33. The number of benzene rings is 1. The third-order valence-corrected chi connectivity index (χ3v) is 8.71. The van der Waals surface area contributed by atoms with Crippen molar-refractivity contribution in [1.82, 2.24) is 14.8 Å². The van der Waals surface area contributed by atoms with Gasteiger partial charge in [-0.3, -0.25) is 9.36 Å². The van der Waals surface area contributed by atoms with Gasteiger partial charge in [0.1, 0.15) is 11.1 Å². The van der Waals surface area contributed by atoms with Crippen LogP contribution in [0.3, 0.4) is 0 Å². The largest absolute Gasteiger partial charge is 0.316 e. The van der Waals surface area contributed by atoms with Crippen molar-refractivity contribution in [2.75, 3.05) is 11.1 Å². The number of allylic oxidation sites excluding steroid dienone is 1. The molecular formula is C26H28ClN5OS2. The van der Waals surface area contributed by atoms with Crippen LogP contribution in [0.4, 0.5) is 5.00 Å². The molecule has 182 valence electrons. The zero-order valence-corrected chi connectivity index (χ0v) is 22.5. The Hall–Kier alpha value is -2.60. The fourth-order valence-corrected chi connectivity index (χ4v) is 6.49. The van der Waals surface area contributed by atoms with Gasteiger partial charge in [0.05, 0.1) is 11.3 Å². The van der Waals surface area contributed by atoms with Gasteiger partial charge in [-0.05, 0) is 60.4 Å². The Morgan fingerprint density at radius 3 is 2.77 bits per heavy atom. The van der Waals surface area contributed by atoms with Crippen LogP contribution in [0.1, 0.15) is 43.2 Å². The van der Waals surface area contributed by atoms with Crippen LogP contribution >= 0.6 is 34.7 Å². The van der Waals surface area contributed by atoms with Gasteiger partial charge in [-0.15, -0.1) is 28.1 Å². The minimum Gasteiger partial charge on any atom is -0.316 e. The van der Waals surface area contributed by atoms with Crippen LogP contribution in [0.5, 0.6) is 0 Å². The van der Waals surface area contributed by atoms with Gasteiger partial charge in [-0.1, -0.05) is 50.2 Å². The molecule has 1 N–H and O–H groups in total. The van der Waals surface area contributed by atoms with Gasteiger partial charge in [0.2, 0.25) is 5.91 Å². The summed E-state index contributed by atoms with van der Waals surface area (Å²) in [6.07, 6.45) is 4.69. The van der Waals surface area contributed by atoms with E-state index in [0.717, 1.165) is 30.4 Å². The molecule has 2 heterocycles. The number of hydrogen-bond donors (Lipinski definition) is 1.